The third-order valence-electron chi connectivity index (χ3n) is 1.75. The standard InChI is InChI=1S/C11H12O2/c1-2-3-4-9-5-7-10(12)11(13)8-6-9/h2-3,5-8H,4H2,1H3,(H,12,13)/b3-2-. The topological polar surface area (TPSA) is 37.3 Å². The molecule has 0 radical (unpaired) electrons. The van der Waals surface area contributed by atoms with E-state index in [1.165, 1.54) is 12.1 Å². The monoisotopic (exact) mass is 176 g/mol. The smallest absolute Gasteiger partial charge is 0.220 e. The summed E-state index contributed by atoms with van der Waals surface area (Å²) in [5.74, 6) is -0.202. The van der Waals surface area contributed by atoms with Crippen LogP contribution in [0, 0.1) is 0 Å². The van der Waals surface area contributed by atoms with Gasteiger partial charge >= 0.3 is 0 Å². The van der Waals surface area contributed by atoms with Gasteiger partial charge < -0.3 is 5.11 Å². The SMILES string of the molecule is C/C=C\Cc1ccc(O)c(=O)cc1. The highest BCUT2D eigenvalue weighted by atomic mass is 16.3. The first-order valence-corrected chi connectivity index (χ1v) is 4.17. The number of hydrogen-bond donors (Lipinski definition) is 1. The van der Waals surface area contributed by atoms with Crippen LogP contribution in [0.25, 0.3) is 0 Å². The van der Waals surface area contributed by atoms with Crippen LogP contribution in [-0.4, -0.2) is 5.11 Å². The van der Waals surface area contributed by atoms with Crippen molar-refractivity contribution in [3.8, 4) is 5.75 Å². The summed E-state index contributed by atoms with van der Waals surface area (Å²) >= 11 is 0. The predicted molar refractivity (Wildman–Crippen MR) is 52.9 cm³/mol. The molecule has 0 aromatic heterocycles. The van der Waals surface area contributed by atoms with E-state index in [1.807, 2.05) is 19.1 Å². The Balaban J connectivity index is 3.02. The molecule has 1 rings (SSSR count). The number of aromatic hydroxyl groups is 1. The summed E-state index contributed by atoms with van der Waals surface area (Å²) in [6.45, 7) is 1.94. The Hall–Kier alpha value is -1.57. The Morgan fingerprint density at radius 3 is 2.69 bits per heavy atom. The van der Waals surface area contributed by atoms with Crippen molar-refractivity contribution in [1.29, 1.82) is 0 Å². The molecule has 0 amide bonds. The predicted octanol–water partition coefficient (Wildman–Crippen LogP) is 1.87. The van der Waals surface area contributed by atoms with E-state index in [0.717, 1.165) is 12.0 Å². The lowest BCUT2D eigenvalue weighted by Gasteiger charge is -1.87. The number of rotatable bonds is 2. The maximum Gasteiger partial charge on any atom is 0.220 e. The van der Waals surface area contributed by atoms with Crippen molar-refractivity contribution in [2.45, 2.75) is 13.3 Å². The first-order chi connectivity index (χ1) is 6.24. The van der Waals surface area contributed by atoms with Crippen LogP contribution in [0.4, 0.5) is 0 Å². The zero-order valence-electron chi connectivity index (χ0n) is 7.53. The molecule has 0 spiro atoms. The van der Waals surface area contributed by atoms with Crippen molar-refractivity contribution in [1.82, 2.24) is 0 Å². The van der Waals surface area contributed by atoms with Gasteiger partial charge in [0.1, 0.15) is 0 Å². The van der Waals surface area contributed by atoms with Crippen LogP contribution in [0.15, 0.2) is 41.2 Å². The van der Waals surface area contributed by atoms with Crippen molar-refractivity contribution in [2.24, 2.45) is 0 Å². The second-order valence-electron chi connectivity index (χ2n) is 2.76. The molecule has 13 heavy (non-hydrogen) atoms. The summed E-state index contributed by atoms with van der Waals surface area (Å²) < 4.78 is 0. The van der Waals surface area contributed by atoms with Crippen molar-refractivity contribution >= 4 is 0 Å². The molecule has 1 aromatic carbocycles. The Labute approximate surface area is 77.2 Å². The molecular weight excluding hydrogens is 164 g/mol. The minimum atomic E-state index is -0.341. The van der Waals surface area contributed by atoms with Crippen LogP contribution < -0.4 is 5.43 Å². The highest BCUT2D eigenvalue weighted by molar-refractivity contribution is 5.24. The van der Waals surface area contributed by atoms with E-state index in [4.69, 9.17) is 5.11 Å². The molecule has 68 valence electrons. The Bertz CT molecular complexity index is 367. The van der Waals surface area contributed by atoms with Crippen LogP contribution >= 0.6 is 0 Å². The fraction of sp³-hybridized carbons (Fsp3) is 0.182. The molecule has 0 atom stereocenters. The first kappa shape index (κ1) is 9.52. The van der Waals surface area contributed by atoms with Gasteiger partial charge in [-0.15, -0.1) is 0 Å². The number of allylic oxidation sites excluding steroid dienone is 2. The normalized spacial score (nSPS) is 10.5. The molecule has 1 aromatic rings. The Kier molecular flexibility index (Phi) is 3.26. The second-order valence-corrected chi connectivity index (χ2v) is 2.76. The minimum Gasteiger partial charge on any atom is -0.504 e. The zero-order chi connectivity index (χ0) is 9.68. The molecule has 2 nitrogen and oxygen atoms in total. The molecule has 0 fully saturated rings. The summed E-state index contributed by atoms with van der Waals surface area (Å²) in [6.07, 6.45) is 4.73. The van der Waals surface area contributed by atoms with Crippen LogP contribution in [0.5, 0.6) is 5.75 Å². The van der Waals surface area contributed by atoms with Gasteiger partial charge in [-0.2, -0.15) is 0 Å². The molecule has 0 aliphatic rings. The van der Waals surface area contributed by atoms with E-state index in [1.54, 1.807) is 12.1 Å². The lowest BCUT2D eigenvalue weighted by atomic mass is 10.2. The van der Waals surface area contributed by atoms with E-state index < -0.39 is 0 Å². The average molecular weight is 176 g/mol. The Morgan fingerprint density at radius 1 is 1.31 bits per heavy atom. The number of hydrogen-bond acceptors (Lipinski definition) is 2. The fourth-order valence-electron chi connectivity index (χ4n) is 0.982. The lowest BCUT2D eigenvalue weighted by Crippen LogP contribution is -1.91. The van der Waals surface area contributed by atoms with Gasteiger partial charge in [-0.05, 0) is 31.0 Å². The molecule has 0 heterocycles. The van der Waals surface area contributed by atoms with E-state index in [9.17, 15) is 4.79 Å². The van der Waals surface area contributed by atoms with Crippen molar-refractivity contribution < 1.29 is 5.11 Å². The molecular formula is C11H12O2. The van der Waals surface area contributed by atoms with Crippen molar-refractivity contribution in [2.75, 3.05) is 0 Å². The molecule has 2 heteroatoms. The maximum absolute atomic E-state index is 11.0. The second kappa shape index (κ2) is 4.45. The summed E-state index contributed by atoms with van der Waals surface area (Å²) in [6, 6.07) is 6.29. The van der Waals surface area contributed by atoms with Crippen molar-refractivity contribution in [3.63, 3.8) is 0 Å². The van der Waals surface area contributed by atoms with E-state index in [2.05, 4.69) is 0 Å². The fourth-order valence-corrected chi connectivity index (χ4v) is 0.982. The summed E-state index contributed by atoms with van der Waals surface area (Å²) in [4.78, 5) is 11.0. The largest absolute Gasteiger partial charge is 0.504 e. The van der Waals surface area contributed by atoms with Gasteiger partial charge in [-0.25, -0.2) is 0 Å². The molecule has 0 aliphatic carbocycles. The Morgan fingerprint density at radius 2 is 2.00 bits per heavy atom. The van der Waals surface area contributed by atoms with Gasteiger partial charge in [0.15, 0.2) is 5.75 Å². The van der Waals surface area contributed by atoms with E-state index >= 15 is 0 Å². The van der Waals surface area contributed by atoms with Crippen LogP contribution in [0.3, 0.4) is 0 Å². The van der Waals surface area contributed by atoms with Gasteiger partial charge in [0.25, 0.3) is 0 Å². The van der Waals surface area contributed by atoms with Gasteiger partial charge in [-0.1, -0.05) is 24.3 Å². The minimum absolute atomic E-state index is 0.202. The molecule has 0 saturated carbocycles. The third-order valence-corrected chi connectivity index (χ3v) is 1.75. The molecule has 1 N–H and O–H groups in total. The third kappa shape index (κ3) is 2.75. The lowest BCUT2D eigenvalue weighted by molar-refractivity contribution is 0.471. The van der Waals surface area contributed by atoms with Crippen LogP contribution in [-0.2, 0) is 6.42 Å². The molecule has 0 saturated heterocycles. The van der Waals surface area contributed by atoms with Crippen molar-refractivity contribution in [3.05, 3.63) is 52.2 Å². The molecule has 0 aliphatic heterocycles. The van der Waals surface area contributed by atoms with Crippen LogP contribution in [0.1, 0.15) is 12.5 Å². The highest BCUT2D eigenvalue weighted by Crippen LogP contribution is 2.02. The van der Waals surface area contributed by atoms with Crippen LogP contribution in [0.2, 0.25) is 0 Å². The van der Waals surface area contributed by atoms with E-state index in [0.29, 0.717) is 0 Å². The molecule has 0 bridgehead atoms. The molecule has 0 unspecified atom stereocenters. The summed E-state index contributed by atoms with van der Waals surface area (Å²) in [5.41, 5.74) is 0.669. The summed E-state index contributed by atoms with van der Waals surface area (Å²) in [7, 11) is 0. The van der Waals surface area contributed by atoms with Gasteiger partial charge in [0.2, 0.25) is 5.43 Å². The maximum atomic E-state index is 11.0. The van der Waals surface area contributed by atoms with Gasteiger partial charge in [-0.3, -0.25) is 4.79 Å². The van der Waals surface area contributed by atoms with Gasteiger partial charge in [0.05, 0.1) is 0 Å². The highest BCUT2D eigenvalue weighted by Gasteiger charge is 1.92. The first-order valence-electron chi connectivity index (χ1n) is 4.17. The quantitative estimate of drug-likeness (QED) is 0.698. The summed E-state index contributed by atoms with van der Waals surface area (Å²) in [5, 5.41) is 9.10. The average Bonchev–Trinajstić information content (AvgIpc) is 2.29. The van der Waals surface area contributed by atoms with E-state index in [-0.39, 0.29) is 11.2 Å². The zero-order valence-corrected chi connectivity index (χ0v) is 7.53. The van der Waals surface area contributed by atoms with Gasteiger partial charge in [0, 0.05) is 0 Å².